The van der Waals surface area contributed by atoms with Crippen LogP contribution >= 0.6 is 0 Å². The molecular formula is C26H31NO. The van der Waals surface area contributed by atoms with Gasteiger partial charge in [0.05, 0.1) is 7.11 Å². The quantitative estimate of drug-likeness (QED) is 0.376. The summed E-state index contributed by atoms with van der Waals surface area (Å²) in [6.45, 7) is 4.50. The first-order chi connectivity index (χ1) is 13.7. The van der Waals surface area contributed by atoms with Crippen LogP contribution in [0.4, 0.5) is 0 Å². The van der Waals surface area contributed by atoms with Gasteiger partial charge in [0.25, 0.3) is 0 Å². The Hall–Kier alpha value is -2.61. The summed E-state index contributed by atoms with van der Waals surface area (Å²) in [4.78, 5) is 4.69. The van der Waals surface area contributed by atoms with Crippen LogP contribution < -0.4 is 4.74 Å². The van der Waals surface area contributed by atoms with E-state index in [1.165, 1.54) is 53.6 Å². The predicted octanol–water partition coefficient (Wildman–Crippen LogP) is 7.03. The van der Waals surface area contributed by atoms with Crippen molar-refractivity contribution in [1.29, 1.82) is 0 Å². The van der Waals surface area contributed by atoms with Crippen LogP contribution in [0.15, 0.2) is 66.9 Å². The van der Waals surface area contributed by atoms with Crippen molar-refractivity contribution in [1.82, 2.24) is 4.98 Å². The number of pyridine rings is 1. The standard InChI is InChI=1S/C26H31NO/c1-4-5-6-7-8-25-16-13-24(19-27-25)20(2)21-9-11-22(12-10-21)23-14-17-26(28-3)18-15-23/h9-20H,4-8H2,1-3H3. The van der Waals surface area contributed by atoms with E-state index in [-0.39, 0.29) is 0 Å². The smallest absolute Gasteiger partial charge is 0.118 e. The van der Waals surface area contributed by atoms with Crippen LogP contribution in [0.1, 0.15) is 62.3 Å². The molecule has 146 valence electrons. The highest BCUT2D eigenvalue weighted by atomic mass is 16.5. The molecule has 3 rings (SSSR count). The molecular weight excluding hydrogens is 342 g/mol. The zero-order valence-corrected chi connectivity index (χ0v) is 17.3. The molecule has 0 fully saturated rings. The lowest BCUT2D eigenvalue weighted by Crippen LogP contribution is -1.99. The van der Waals surface area contributed by atoms with Crippen LogP contribution in [-0.2, 0) is 6.42 Å². The van der Waals surface area contributed by atoms with E-state index in [9.17, 15) is 0 Å². The van der Waals surface area contributed by atoms with Gasteiger partial charge >= 0.3 is 0 Å². The fourth-order valence-corrected chi connectivity index (χ4v) is 3.51. The highest BCUT2D eigenvalue weighted by Crippen LogP contribution is 2.28. The SMILES string of the molecule is CCCCCCc1ccc(C(C)c2ccc(-c3ccc(OC)cc3)cc2)cn1. The summed E-state index contributed by atoms with van der Waals surface area (Å²) in [6.07, 6.45) is 8.28. The number of benzene rings is 2. The first-order valence-corrected chi connectivity index (χ1v) is 10.4. The summed E-state index contributed by atoms with van der Waals surface area (Å²) < 4.78 is 5.24. The molecule has 0 saturated heterocycles. The lowest BCUT2D eigenvalue weighted by molar-refractivity contribution is 0.415. The van der Waals surface area contributed by atoms with E-state index in [0.29, 0.717) is 5.92 Å². The molecule has 0 N–H and O–H groups in total. The summed E-state index contributed by atoms with van der Waals surface area (Å²) in [5.74, 6) is 1.22. The molecule has 0 bridgehead atoms. The Morgan fingerprint density at radius 1 is 0.786 bits per heavy atom. The molecule has 2 nitrogen and oxygen atoms in total. The predicted molar refractivity (Wildman–Crippen MR) is 118 cm³/mol. The fourth-order valence-electron chi connectivity index (χ4n) is 3.51. The maximum atomic E-state index is 5.24. The Kier molecular flexibility index (Phi) is 7.25. The minimum Gasteiger partial charge on any atom is -0.497 e. The van der Waals surface area contributed by atoms with Gasteiger partial charge in [-0.2, -0.15) is 0 Å². The van der Waals surface area contributed by atoms with Gasteiger partial charge in [0.15, 0.2) is 0 Å². The monoisotopic (exact) mass is 373 g/mol. The van der Waals surface area contributed by atoms with E-state index in [0.717, 1.165) is 12.2 Å². The third kappa shape index (κ3) is 5.22. The van der Waals surface area contributed by atoms with Gasteiger partial charge in [-0.3, -0.25) is 4.98 Å². The summed E-state index contributed by atoms with van der Waals surface area (Å²) in [7, 11) is 1.69. The molecule has 0 aliphatic carbocycles. The average molecular weight is 374 g/mol. The molecule has 1 unspecified atom stereocenters. The highest BCUT2D eigenvalue weighted by molar-refractivity contribution is 5.64. The lowest BCUT2D eigenvalue weighted by Gasteiger charge is -2.14. The van der Waals surface area contributed by atoms with Crippen LogP contribution in [0.3, 0.4) is 0 Å². The molecule has 0 aliphatic heterocycles. The second-order valence-electron chi connectivity index (χ2n) is 7.47. The molecule has 0 aliphatic rings. The van der Waals surface area contributed by atoms with Crippen molar-refractivity contribution in [2.45, 2.75) is 51.9 Å². The molecule has 2 aromatic carbocycles. The van der Waals surface area contributed by atoms with E-state index >= 15 is 0 Å². The number of aromatic nitrogens is 1. The maximum Gasteiger partial charge on any atom is 0.118 e. The van der Waals surface area contributed by atoms with Gasteiger partial charge < -0.3 is 4.74 Å². The third-order valence-electron chi connectivity index (χ3n) is 5.47. The summed E-state index contributed by atoms with van der Waals surface area (Å²) in [6, 6.07) is 21.5. The summed E-state index contributed by atoms with van der Waals surface area (Å²) in [5.41, 5.74) is 6.22. The molecule has 2 heteroatoms. The van der Waals surface area contributed by atoms with E-state index in [1.54, 1.807) is 7.11 Å². The molecule has 0 spiro atoms. The summed E-state index contributed by atoms with van der Waals surface area (Å²) >= 11 is 0. The number of rotatable bonds is 9. The minimum absolute atomic E-state index is 0.339. The minimum atomic E-state index is 0.339. The first-order valence-electron chi connectivity index (χ1n) is 10.4. The van der Waals surface area contributed by atoms with E-state index in [1.807, 2.05) is 12.1 Å². The normalized spacial score (nSPS) is 12.0. The van der Waals surface area contributed by atoms with Crippen molar-refractivity contribution in [3.63, 3.8) is 0 Å². The topological polar surface area (TPSA) is 22.1 Å². The third-order valence-corrected chi connectivity index (χ3v) is 5.47. The number of hydrogen-bond acceptors (Lipinski definition) is 2. The van der Waals surface area contributed by atoms with E-state index in [4.69, 9.17) is 9.72 Å². The van der Waals surface area contributed by atoms with Gasteiger partial charge in [-0.1, -0.05) is 75.6 Å². The number of aryl methyl sites for hydroxylation is 1. The highest BCUT2D eigenvalue weighted by Gasteiger charge is 2.09. The van der Waals surface area contributed by atoms with Gasteiger partial charge in [-0.15, -0.1) is 0 Å². The average Bonchev–Trinajstić information content (AvgIpc) is 2.77. The molecule has 28 heavy (non-hydrogen) atoms. The van der Waals surface area contributed by atoms with E-state index < -0.39 is 0 Å². The maximum absolute atomic E-state index is 5.24. The number of methoxy groups -OCH3 is 1. The van der Waals surface area contributed by atoms with Crippen molar-refractivity contribution in [3.05, 3.63) is 83.7 Å². The van der Waals surface area contributed by atoms with Crippen molar-refractivity contribution in [2.75, 3.05) is 7.11 Å². The van der Waals surface area contributed by atoms with Crippen LogP contribution in [-0.4, -0.2) is 12.1 Å². The number of unbranched alkanes of at least 4 members (excludes halogenated alkanes) is 3. The second kappa shape index (κ2) is 10.1. The molecule has 1 heterocycles. The van der Waals surface area contributed by atoms with Crippen molar-refractivity contribution >= 4 is 0 Å². The lowest BCUT2D eigenvalue weighted by atomic mass is 9.92. The Morgan fingerprint density at radius 3 is 2.00 bits per heavy atom. The van der Waals surface area contributed by atoms with Gasteiger partial charge in [0.2, 0.25) is 0 Å². The summed E-state index contributed by atoms with van der Waals surface area (Å²) in [5, 5.41) is 0. The molecule has 3 aromatic rings. The number of hydrogen-bond donors (Lipinski definition) is 0. The first kappa shape index (κ1) is 20.1. The number of ether oxygens (including phenoxy) is 1. The molecule has 0 amide bonds. The molecule has 0 saturated carbocycles. The van der Waals surface area contributed by atoms with Crippen LogP contribution in [0.5, 0.6) is 5.75 Å². The van der Waals surface area contributed by atoms with Crippen LogP contribution in [0.25, 0.3) is 11.1 Å². The van der Waals surface area contributed by atoms with Crippen molar-refractivity contribution in [2.24, 2.45) is 0 Å². The second-order valence-corrected chi connectivity index (χ2v) is 7.47. The Morgan fingerprint density at radius 2 is 1.43 bits per heavy atom. The molecule has 1 atom stereocenters. The van der Waals surface area contributed by atoms with Crippen molar-refractivity contribution in [3.8, 4) is 16.9 Å². The van der Waals surface area contributed by atoms with Crippen LogP contribution in [0, 0.1) is 0 Å². The van der Waals surface area contributed by atoms with Gasteiger partial charge in [-0.05, 0) is 53.3 Å². The largest absolute Gasteiger partial charge is 0.497 e. The number of nitrogens with zero attached hydrogens (tertiary/aromatic N) is 1. The fraction of sp³-hybridized carbons (Fsp3) is 0.346. The van der Waals surface area contributed by atoms with Crippen molar-refractivity contribution < 1.29 is 4.74 Å². The van der Waals surface area contributed by atoms with Gasteiger partial charge in [-0.25, -0.2) is 0 Å². The Balaban J connectivity index is 1.64. The van der Waals surface area contributed by atoms with Gasteiger partial charge in [0.1, 0.15) is 5.75 Å². The van der Waals surface area contributed by atoms with Crippen LogP contribution in [0.2, 0.25) is 0 Å². The zero-order valence-electron chi connectivity index (χ0n) is 17.3. The van der Waals surface area contributed by atoms with E-state index in [2.05, 4.69) is 68.6 Å². The van der Waals surface area contributed by atoms with Gasteiger partial charge in [0, 0.05) is 17.8 Å². The Labute approximate surface area is 169 Å². The zero-order chi connectivity index (χ0) is 19.8. The molecule has 0 radical (unpaired) electrons. The Bertz CT molecular complexity index is 835. The molecule has 1 aromatic heterocycles.